The Hall–Kier alpha value is -1.97. The van der Waals surface area contributed by atoms with E-state index in [9.17, 15) is 4.79 Å². The Kier molecular flexibility index (Phi) is 3.12. The maximum atomic E-state index is 10.4. The molecule has 3 N–H and O–H groups in total. The summed E-state index contributed by atoms with van der Waals surface area (Å²) in [7, 11) is 0. The van der Waals surface area contributed by atoms with Crippen molar-refractivity contribution in [3.05, 3.63) is 36.1 Å². The van der Waals surface area contributed by atoms with Crippen molar-refractivity contribution in [2.24, 2.45) is 0 Å². The summed E-state index contributed by atoms with van der Waals surface area (Å²) in [6, 6.07) is 6.69. The van der Waals surface area contributed by atoms with Crippen LogP contribution in [0.25, 0.3) is 0 Å². The van der Waals surface area contributed by atoms with E-state index in [2.05, 4.69) is 0 Å². The van der Waals surface area contributed by atoms with E-state index in [1.165, 1.54) is 13.2 Å². The van der Waals surface area contributed by atoms with Crippen LogP contribution < -0.4 is 10.5 Å². The number of aliphatic carboxylic acids is 1. The van der Waals surface area contributed by atoms with E-state index in [1.807, 2.05) is 0 Å². The van der Waals surface area contributed by atoms with Gasteiger partial charge in [-0.3, -0.25) is 0 Å². The first-order valence-electron chi connectivity index (χ1n) is 4.02. The van der Waals surface area contributed by atoms with Crippen LogP contribution in [0, 0.1) is 0 Å². The molecule has 74 valence electrons. The molecule has 0 radical (unpaired) electrons. The summed E-state index contributed by atoms with van der Waals surface area (Å²) in [5, 5.41) is 8.54. The van der Waals surface area contributed by atoms with Gasteiger partial charge in [0.2, 0.25) is 0 Å². The minimum atomic E-state index is -1.000. The predicted molar refractivity (Wildman–Crippen MR) is 52.9 cm³/mol. The maximum absolute atomic E-state index is 10.4. The molecule has 0 saturated heterocycles. The lowest BCUT2D eigenvalue weighted by Gasteiger charge is -2.00. The lowest BCUT2D eigenvalue weighted by atomic mass is 10.3. The van der Waals surface area contributed by atoms with Gasteiger partial charge in [-0.25, -0.2) is 4.79 Å². The number of nitrogens with two attached hydrogens (primary N) is 1. The molecule has 0 spiro atoms. The number of benzene rings is 1. The number of hydrogen-bond acceptors (Lipinski definition) is 3. The molecule has 1 rings (SSSR count). The monoisotopic (exact) mass is 193 g/mol. The molecule has 14 heavy (non-hydrogen) atoms. The van der Waals surface area contributed by atoms with E-state index in [0.717, 1.165) is 0 Å². The molecule has 0 aromatic heterocycles. The van der Waals surface area contributed by atoms with Crippen LogP contribution in [0.4, 0.5) is 5.69 Å². The molecule has 4 heteroatoms. The fourth-order valence-electron chi connectivity index (χ4n) is 0.753. The molecule has 0 fully saturated rings. The molecular weight excluding hydrogens is 182 g/mol. The van der Waals surface area contributed by atoms with Crippen molar-refractivity contribution in [2.75, 3.05) is 5.73 Å². The molecular formula is C10H11NO3. The van der Waals surface area contributed by atoms with Crippen LogP contribution in [0.1, 0.15) is 6.92 Å². The molecule has 0 unspecified atom stereocenters. The molecule has 0 heterocycles. The Morgan fingerprint density at radius 2 is 2.00 bits per heavy atom. The lowest BCUT2D eigenvalue weighted by Crippen LogP contribution is -1.98. The highest BCUT2D eigenvalue weighted by atomic mass is 16.5. The Balaban J connectivity index is 2.66. The summed E-state index contributed by atoms with van der Waals surface area (Å²) in [6.07, 6.45) is 1.19. The maximum Gasteiger partial charge on any atom is 0.334 e. The van der Waals surface area contributed by atoms with Crippen molar-refractivity contribution in [2.45, 2.75) is 6.92 Å². The van der Waals surface area contributed by atoms with E-state index in [4.69, 9.17) is 15.6 Å². The minimum absolute atomic E-state index is 0.141. The summed E-state index contributed by atoms with van der Waals surface area (Å²) < 4.78 is 5.09. The zero-order valence-electron chi connectivity index (χ0n) is 7.73. The van der Waals surface area contributed by atoms with Crippen molar-refractivity contribution < 1.29 is 14.6 Å². The third-order valence-electron chi connectivity index (χ3n) is 1.59. The molecule has 0 saturated carbocycles. The molecule has 0 aliphatic carbocycles. The first-order chi connectivity index (χ1) is 6.59. The standard InChI is InChI=1S/C10H11NO3/c1-7(10(12)13)6-14-9-4-2-8(11)3-5-9/h2-6H,11H2,1H3,(H,12,13). The summed E-state index contributed by atoms with van der Waals surface area (Å²) in [5.41, 5.74) is 6.24. The fourth-order valence-corrected chi connectivity index (χ4v) is 0.753. The van der Waals surface area contributed by atoms with Gasteiger partial charge >= 0.3 is 5.97 Å². The fraction of sp³-hybridized carbons (Fsp3) is 0.100. The van der Waals surface area contributed by atoms with Gasteiger partial charge in [0.15, 0.2) is 0 Å². The van der Waals surface area contributed by atoms with Gasteiger partial charge in [-0.1, -0.05) is 0 Å². The highest BCUT2D eigenvalue weighted by molar-refractivity contribution is 5.85. The topological polar surface area (TPSA) is 72.5 Å². The first-order valence-corrected chi connectivity index (χ1v) is 4.02. The Bertz CT molecular complexity index is 354. The largest absolute Gasteiger partial charge is 0.478 e. The van der Waals surface area contributed by atoms with Crippen LogP contribution in [0.5, 0.6) is 5.75 Å². The summed E-state index contributed by atoms with van der Waals surface area (Å²) in [5.74, 6) is -0.444. The van der Waals surface area contributed by atoms with Gasteiger partial charge in [-0.05, 0) is 31.2 Å². The summed E-state index contributed by atoms with van der Waals surface area (Å²) >= 11 is 0. The summed E-state index contributed by atoms with van der Waals surface area (Å²) in [4.78, 5) is 10.4. The SMILES string of the molecule is CC(=COc1ccc(N)cc1)C(=O)O. The average Bonchev–Trinajstić information content (AvgIpc) is 2.16. The van der Waals surface area contributed by atoms with Gasteiger partial charge in [-0.15, -0.1) is 0 Å². The number of carboxylic acid groups (broad SMARTS) is 1. The highest BCUT2D eigenvalue weighted by Gasteiger charge is 1.99. The normalized spacial score (nSPS) is 11.1. The van der Waals surface area contributed by atoms with Gasteiger partial charge in [0.05, 0.1) is 5.57 Å². The van der Waals surface area contributed by atoms with Crippen LogP contribution in [0.2, 0.25) is 0 Å². The number of carbonyl (C=O) groups is 1. The van der Waals surface area contributed by atoms with Crippen LogP contribution in [0.15, 0.2) is 36.1 Å². The van der Waals surface area contributed by atoms with Gasteiger partial charge in [0.1, 0.15) is 12.0 Å². The van der Waals surface area contributed by atoms with Crippen molar-refractivity contribution in [1.82, 2.24) is 0 Å². The van der Waals surface area contributed by atoms with Gasteiger partial charge in [-0.2, -0.15) is 0 Å². The third kappa shape index (κ3) is 2.82. The second-order valence-corrected chi connectivity index (χ2v) is 2.79. The number of anilines is 1. The Morgan fingerprint density at radius 3 is 2.50 bits per heavy atom. The van der Waals surface area contributed by atoms with Crippen molar-refractivity contribution in [1.29, 1.82) is 0 Å². The molecule has 0 atom stereocenters. The molecule has 4 nitrogen and oxygen atoms in total. The Morgan fingerprint density at radius 1 is 1.43 bits per heavy atom. The van der Waals surface area contributed by atoms with Crippen LogP contribution >= 0.6 is 0 Å². The molecule has 1 aromatic rings. The first kappa shape index (κ1) is 10.1. The van der Waals surface area contributed by atoms with Crippen molar-refractivity contribution in [3.8, 4) is 5.75 Å². The molecule has 0 amide bonds. The van der Waals surface area contributed by atoms with Crippen molar-refractivity contribution in [3.63, 3.8) is 0 Å². The van der Waals surface area contributed by atoms with E-state index in [0.29, 0.717) is 11.4 Å². The number of hydrogen-bond donors (Lipinski definition) is 2. The quantitative estimate of drug-likeness (QED) is 0.434. The number of carboxylic acids is 1. The molecule has 1 aromatic carbocycles. The summed E-state index contributed by atoms with van der Waals surface area (Å²) in [6.45, 7) is 1.46. The van der Waals surface area contributed by atoms with Gasteiger partial charge in [0.25, 0.3) is 0 Å². The van der Waals surface area contributed by atoms with E-state index < -0.39 is 5.97 Å². The Labute approximate surface area is 81.6 Å². The van der Waals surface area contributed by atoms with Crippen LogP contribution in [0.3, 0.4) is 0 Å². The van der Waals surface area contributed by atoms with E-state index in [1.54, 1.807) is 24.3 Å². The third-order valence-corrected chi connectivity index (χ3v) is 1.59. The smallest absolute Gasteiger partial charge is 0.334 e. The second-order valence-electron chi connectivity index (χ2n) is 2.79. The average molecular weight is 193 g/mol. The van der Waals surface area contributed by atoms with Crippen LogP contribution in [-0.2, 0) is 4.79 Å². The van der Waals surface area contributed by atoms with Crippen LogP contribution in [-0.4, -0.2) is 11.1 Å². The zero-order valence-corrected chi connectivity index (χ0v) is 7.73. The second kappa shape index (κ2) is 4.32. The van der Waals surface area contributed by atoms with Gasteiger partial charge in [0, 0.05) is 5.69 Å². The molecule has 0 aliphatic rings. The molecule has 0 aliphatic heterocycles. The zero-order chi connectivity index (χ0) is 10.6. The van der Waals surface area contributed by atoms with E-state index in [-0.39, 0.29) is 5.57 Å². The highest BCUT2D eigenvalue weighted by Crippen LogP contribution is 2.13. The van der Waals surface area contributed by atoms with Crippen molar-refractivity contribution >= 4 is 11.7 Å². The molecule has 0 bridgehead atoms. The van der Waals surface area contributed by atoms with Gasteiger partial charge < -0.3 is 15.6 Å². The predicted octanol–water partition coefficient (Wildman–Crippen LogP) is 1.64. The van der Waals surface area contributed by atoms with E-state index >= 15 is 0 Å². The lowest BCUT2D eigenvalue weighted by molar-refractivity contribution is -0.132. The number of ether oxygens (including phenoxy) is 1. The number of nitrogen functional groups attached to an aromatic ring is 1. The minimum Gasteiger partial charge on any atom is -0.478 e. The number of rotatable bonds is 3.